The summed E-state index contributed by atoms with van der Waals surface area (Å²) >= 11 is 0. The molecular weight excluding hydrogens is 634 g/mol. The van der Waals surface area contributed by atoms with Crippen LogP contribution in [0.4, 0.5) is 0 Å². The molecule has 9 unspecified atom stereocenters. The van der Waals surface area contributed by atoms with Crippen LogP contribution in [0.2, 0.25) is 0 Å². The molecule has 9 nitrogen and oxygen atoms in total. The van der Waals surface area contributed by atoms with Crippen molar-refractivity contribution in [2.75, 3.05) is 46.1 Å². The van der Waals surface area contributed by atoms with Gasteiger partial charge in [0.1, 0.15) is 0 Å². The van der Waals surface area contributed by atoms with Crippen molar-refractivity contribution in [3.63, 3.8) is 0 Å². The zero-order valence-electron chi connectivity index (χ0n) is 31.5. The van der Waals surface area contributed by atoms with Gasteiger partial charge < -0.3 is 33.5 Å². The van der Waals surface area contributed by atoms with Crippen LogP contribution in [-0.2, 0) is 33.2 Å². The highest BCUT2D eigenvalue weighted by molar-refractivity contribution is 5.72. The van der Waals surface area contributed by atoms with Gasteiger partial charge in [-0.3, -0.25) is 9.69 Å². The third-order valence-corrected chi connectivity index (χ3v) is 16.9. The van der Waals surface area contributed by atoms with Gasteiger partial charge in [-0.15, -0.1) is 0 Å². The molecule has 4 saturated heterocycles. The smallest absolute Gasteiger partial charge is 0.309 e. The predicted molar refractivity (Wildman–Crippen MR) is 186 cm³/mol. The Morgan fingerprint density at radius 1 is 0.880 bits per heavy atom. The second-order valence-electron chi connectivity index (χ2n) is 19.8. The SMILES string of the molecule is CC12CCC34C[C@@]35CC[C@H](OC3CN(C6COC6)CCO3)C(C)(C)C5CCC4C1CC1OC([C@H](OC(=O)C3CCOCC3)C(C)(C)O)CCC12. The molecule has 0 amide bonds. The predicted octanol–water partition coefficient (Wildman–Crippen LogP) is 5.74. The van der Waals surface area contributed by atoms with Crippen LogP contribution in [0.5, 0.6) is 0 Å². The van der Waals surface area contributed by atoms with E-state index in [4.69, 9.17) is 28.4 Å². The van der Waals surface area contributed by atoms with E-state index in [1.54, 1.807) is 13.8 Å². The van der Waals surface area contributed by atoms with Crippen LogP contribution < -0.4 is 0 Å². The van der Waals surface area contributed by atoms with Gasteiger partial charge in [0, 0.05) is 19.8 Å². The van der Waals surface area contributed by atoms with E-state index in [2.05, 4.69) is 25.7 Å². The fraction of sp³-hybridized carbons (Fsp3) is 0.976. The lowest BCUT2D eigenvalue weighted by molar-refractivity contribution is -0.253. The molecule has 0 aromatic carbocycles. The van der Waals surface area contributed by atoms with Crippen molar-refractivity contribution in [2.45, 2.75) is 154 Å². The first-order chi connectivity index (χ1) is 23.9. The topological polar surface area (TPSA) is 95.9 Å². The monoisotopic (exact) mass is 699 g/mol. The first-order valence-electron chi connectivity index (χ1n) is 20.6. The minimum Gasteiger partial charge on any atom is -0.456 e. The van der Waals surface area contributed by atoms with Crippen molar-refractivity contribution < 1.29 is 38.3 Å². The molecule has 0 aromatic rings. The number of fused-ring (bicyclic) bond motifs is 4. The molecule has 0 aromatic heterocycles. The van der Waals surface area contributed by atoms with Gasteiger partial charge in [0.05, 0.1) is 62.2 Å². The van der Waals surface area contributed by atoms with E-state index in [9.17, 15) is 9.90 Å². The van der Waals surface area contributed by atoms with Crippen molar-refractivity contribution in [1.82, 2.24) is 4.90 Å². The minimum atomic E-state index is -1.17. The van der Waals surface area contributed by atoms with E-state index in [0.29, 0.717) is 66.1 Å². The van der Waals surface area contributed by atoms with Crippen LogP contribution in [-0.4, -0.2) is 104 Å². The lowest BCUT2D eigenvalue weighted by atomic mass is 9.46. The largest absolute Gasteiger partial charge is 0.456 e. The fourth-order valence-corrected chi connectivity index (χ4v) is 14.2. The molecule has 9 aliphatic rings. The van der Waals surface area contributed by atoms with E-state index < -0.39 is 11.7 Å². The van der Waals surface area contributed by atoms with Gasteiger partial charge in [-0.25, -0.2) is 0 Å². The standard InChI is InChI=1S/C41H65NO8/c1-37(2)32-9-7-27-29-20-31-28(6-8-30(48-31)35(38(3,4)44)50-36(43)25-11-17-45-18-12-25)39(29,5)14-15-40(27)24-41(32,40)13-10-33(37)49-34-21-42(16-19-47-34)26-22-46-23-26/h25-35,44H,6-24H2,1-5H3/t27?,28?,29?,30?,31?,32?,33-,34?,35-,39?,40?,41+/m0/s1. The summed E-state index contributed by atoms with van der Waals surface area (Å²) in [5, 5.41) is 11.3. The van der Waals surface area contributed by atoms with Gasteiger partial charge >= 0.3 is 5.97 Å². The van der Waals surface area contributed by atoms with E-state index >= 15 is 0 Å². The molecule has 4 heterocycles. The molecule has 50 heavy (non-hydrogen) atoms. The zero-order valence-corrected chi connectivity index (χ0v) is 31.5. The van der Waals surface area contributed by atoms with Crippen molar-refractivity contribution in [2.24, 2.45) is 51.2 Å². The molecule has 0 bridgehead atoms. The Balaban J connectivity index is 0.878. The van der Waals surface area contributed by atoms with E-state index in [0.717, 1.165) is 64.5 Å². The fourth-order valence-electron chi connectivity index (χ4n) is 14.2. The minimum absolute atomic E-state index is 0.130. The van der Waals surface area contributed by atoms with Crippen molar-refractivity contribution in [3.8, 4) is 0 Å². The number of esters is 1. The maximum absolute atomic E-state index is 13.2. The van der Waals surface area contributed by atoms with E-state index in [1.807, 2.05) is 0 Å². The maximum Gasteiger partial charge on any atom is 0.309 e. The number of morpholine rings is 1. The number of carbonyl (C=O) groups excluding carboxylic acids is 1. The van der Waals surface area contributed by atoms with Crippen molar-refractivity contribution in [3.05, 3.63) is 0 Å². The quantitative estimate of drug-likeness (QED) is 0.334. The summed E-state index contributed by atoms with van der Waals surface area (Å²) in [5.41, 5.74) is 0.209. The number of hydrogen-bond donors (Lipinski definition) is 1. The number of aliphatic hydroxyl groups is 1. The number of nitrogens with zero attached hydrogens (tertiary/aromatic N) is 1. The Kier molecular flexibility index (Phi) is 8.63. The summed E-state index contributed by atoms with van der Waals surface area (Å²) in [5.74, 6) is 2.36. The molecule has 12 atom stereocenters. The van der Waals surface area contributed by atoms with Crippen molar-refractivity contribution in [1.29, 1.82) is 0 Å². The molecule has 1 N–H and O–H groups in total. The molecular formula is C41H65NO8. The van der Waals surface area contributed by atoms with Gasteiger partial charge in [0.15, 0.2) is 12.4 Å². The summed E-state index contributed by atoms with van der Waals surface area (Å²) in [7, 11) is 0. The molecule has 5 saturated carbocycles. The third kappa shape index (κ3) is 5.35. The Morgan fingerprint density at radius 3 is 2.40 bits per heavy atom. The van der Waals surface area contributed by atoms with E-state index in [1.165, 1.54) is 38.5 Å². The molecule has 282 valence electrons. The van der Waals surface area contributed by atoms with Crippen molar-refractivity contribution >= 4 is 5.97 Å². The first kappa shape index (κ1) is 34.9. The van der Waals surface area contributed by atoms with E-state index in [-0.39, 0.29) is 41.9 Å². The lowest BCUT2D eigenvalue weighted by Crippen LogP contribution is -2.58. The summed E-state index contributed by atoms with van der Waals surface area (Å²) in [4.78, 5) is 15.8. The highest BCUT2D eigenvalue weighted by atomic mass is 16.7. The lowest BCUT2D eigenvalue weighted by Gasteiger charge is -2.60. The van der Waals surface area contributed by atoms with Gasteiger partial charge in [-0.1, -0.05) is 20.8 Å². The maximum atomic E-state index is 13.2. The average Bonchev–Trinajstić information content (AvgIpc) is 3.64. The molecule has 5 aliphatic carbocycles. The first-order valence-corrected chi connectivity index (χ1v) is 20.6. The average molecular weight is 700 g/mol. The summed E-state index contributed by atoms with van der Waals surface area (Å²) in [6.45, 7) is 16.7. The van der Waals surface area contributed by atoms with Gasteiger partial charge in [0.2, 0.25) is 0 Å². The molecule has 2 spiro atoms. The summed E-state index contributed by atoms with van der Waals surface area (Å²) < 4.78 is 37.3. The van der Waals surface area contributed by atoms with Gasteiger partial charge in [-0.2, -0.15) is 0 Å². The Hall–Kier alpha value is -0.810. The van der Waals surface area contributed by atoms with Crippen LogP contribution in [0, 0.1) is 51.2 Å². The zero-order chi connectivity index (χ0) is 34.7. The van der Waals surface area contributed by atoms with Crippen LogP contribution in [0.25, 0.3) is 0 Å². The number of hydrogen-bond acceptors (Lipinski definition) is 9. The molecule has 9 rings (SSSR count). The molecule has 4 aliphatic heterocycles. The number of ether oxygens (including phenoxy) is 6. The Bertz CT molecular complexity index is 1290. The third-order valence-electron chi connectivity index (χ3n) is 16.9. The molecule has 9 heteroatoms. The van der Waals surface area contributed by atoms with Crippen LogP contribution in [0.3, 0.4) is 0 Å². The van der Waals surface area contributed by atoms with Gasteiger partial charge in [-0.05, 0) is 136 Å². The Labute approximate surface area is 300 Å². The Morgan fingerprint density at radius 2 is 1.66 bits per heavy atom. The second kappa shape index (κ2) is 12.4. The van der Waals surface area contributed by atoms with Crippen LogP contribution in [0.1, 0.15) is 112 Å². The highest BCUT2D eigenvalue weighted by Gasteiger charge is 2.80. The van der Waals surface area contributed by atoms with Gasteiger partial charge in [0.25, 0.3) is 0 Å². The molecule has 9 fully saturated rings. The highest BCUT2D eigenvalue weighted by Crippen LogP contribution is 2.87. The second-order valence-corrected chi connectivity index (χ2v) is 19.8. The number of carbonyl (C=O) groups is 1. The van der Waals surface area contributed by atoms with Crippen LogP contribution >= 0.6 is 0 Å². The summed E-state index contributed by atoms with van der Waals surface area (Å²) in [6, 6.07) is 0.532. The number of rotatable bonds is 7. The summed E-state index contributed by atoms with van der Waals surface area (Å²) in [6.07, 6.45) is 13.0. The van der Waals surface area contributed by atoms with Crippen LogP contribution in [0.15, 0.2) is 0 Å². The molecule has 0 radical (unpaired) electrons. The normalized spacial score (nSPS) is 48.2.